The predicted molar refractivity (Wildman–Crippen MR) is 214 cm³/mol. The highest BCUT2D eigenvalue weighted by atomic mass is 16.3. The molecule has 4 nitrogen and oxygen atoms in total. The molecule has 0 radical (unpaired) electrons. The van der Waals surface area contributed by atoms with Crippen LogP contribution in [0.15, 0.2) is 115 Å². The molecule has 0 atom stereocenters. The van der Waals surface area contributed by atoms with Crippen LogP contribution in [0, 0.1) is 20.8 Å². The van der Waals surface area contributed by atoms with Gasteiger partial charge in [-0.1, -0.05) is 114 Å². The quantitative estimate of drug-likeness (QED) is 0.198. The van der Waals surface area contributed by atoms with Crippen LogP contribution in [0.1, 0.15) is 69.4 Å². The van der Waals surface area contributed by atoms with E-state index in [9.17, 15) is 5.11 Å². The van der Waals surface area contributed by atoms with Crippen LogP contribution in [-0.4, -0.2) is 19.6 Å². The van der Waals surface area contributed by atoms with Crippen molar-refractivity contribution >= 4 is 11.0 Å². The summed E-state index contributed by atoms with van der Waals surface area (Å²) >= 11 is 0. The second-order valence-corrected chi connectivity index (χ2v) is 16.0. The molecule has 2 heterocycles. The summed E-state index contributed by atoms with van der Waals surface area (Å²) in [5.41, 5.74) is 15.8. The largest absolute Gasteiger partial charge is 0.507 e. The Morgan fingerprint density at radius 1 is 0.569 bits per heavy atom. The van der Waals surface area contributed by atoms with Gasteiger partial charge in [-0.15, -0.1) is 0 Å². The Hall–Kier alpha value is -5.48. The number of rotatable bonds is 5. The topological polar surface area (TPSA) is 50.9 Å². The monoisotopic (exact) mass is 669 g/mol. The summed E-state index contributed by atoms with van der Waals surface area (Å²) in [6, 6.07) is 38.2. The highest BCUT2D eigenvalue weighted by molar-refractivity contribution is 5.97. The summed E-state index contributed by atoms with van der Waals surface area (Å²) in [5, 5.41) is 11.5. The lowest BCUT2D eigenvalue weighted by molar-refractivity contribution is 0.477. The summed E-state index contributed by atoms with van der Waals surface area (Å²) in [7, 11) is 0. The van der Waals surface area contributed by atoms with Crippen LogP contribution < -0.4 is 0 Å². The van der Waals surface area contributed by atoms with Crippen molar-refractivity contribution in [2.75, 3.05) is 0 Å². The standard InChI is InChI=1S/C47H47N3O/c1-29-22-30(2)44(31(3)23-29)50-41-17-13-16-38(43(41)49-45(50)39-27-33(18-19-42(39)51)32-14-11-10-12-15-32)34-24-35(26-37(25-34)47(7,8)9)40-28-36(20-21-48-40)46(4,5)6/h10-28,51H,1-9H3. The van der Waals surface area contributed by atoms with Gasteiger partial charge in [-0.05, 0) is 113 Å². The SMILES string of the molecule is Cc1cc(C)c(-n2c(-c3cc(-c4ccccc4)ccc3O)nc3c(-c4cc(-c5cc(C(C)(C)C)ccn5)cc(C(C)(C)C)c4)cccc32)c(C)c1. The Labute approximate surface area is 302 Å². The maximum atomic E-state index is 11.5. The number of phenolic OH excluding ortho intramolecular Hbond substituents is 1. The third-order valence-corrected chi connectivity index (χ3v) is 9.92. The van der Waals surface area contributed by atoms with Crippen molar-refractivity contribution < 1.29 is 5.11 Å². The molecule has 0 saturated carbocycles. The lowest BCUT2D eigenvalue weighted by atomic mass is 9.83. The number of benzene rings is 5. The number of fused-ring (bicyclic) bond motifs is 1. The van der Waals surface area contributed by atoms with Crippen LogP contribution in [0.25, 0.3) is 61.6 Å². The number of imidazole rings is 1. The van der Waals surface area contributed by atoms with Crippen molar-refractivity contribution in [1.82, 2.24) is 14.5 Å². The van der Waals surface area contributed by atoms with Crippen molar-refractivity contribution in [2.24, 2.45) is 0 Å². The highest BCUT2D eigenvalue weighted by Crippen LogP contribution is 2.42. The number of aryl methyl sites for hydroxylation is 3. The van der Waals surface area contributed by atoms with Crippen LogP contribution in [0.5, 0.6) is 5.75 Å². The fraction of sp³-hybridized carbons (Fsp3) is 0.234. The van der Waals surface area contributed by atoms with Crippen LogP contribution in [0.2, 0.25) is 0 Å². The van der Waals surface area contributed by atoms with Gasteiger partial charge in [-0.2, -0.15) is 0 Å². The van der Waals surface area contributed by atoms with Crippen LogP contribution >= 0.6 is 0 Å². The minimum absolute atomic E-state index is 0.00655. The molecule has 0 aliphatic rings. The van der Waals surface area contributed by atoms with E-state index in [0.717, 1.165) is 61.4 Å². The first kappa shape index (κ1) is 34.0. The van der Waals surface area contributed by atoms with Crippen molar-refractivity contribution in [3.05, 3.63) is 143 Å². The molecule has 7 rings (SSSR count). The zero-order valence-electron chi connectivity index (χ0n) is 31.3. The van der Waals surface area contributed by atoms with E-state index in [-0.39, 0.29) is 16.6 Å². The van der Waals surface area contributed by atoms with Gasteiger partial charge < -0.3 is 5.11 Å². The van der Waals surface area contributed by atoms with Crippen molar-refractivity contribution in [3.63, 3.8) is 0 Å². The van der Waals surface area contributed by atoms with Gasteiger partial charge in [0.25, 0.3) is 0 Å². The molecule has 1 N–H and O–H groups in total. The fourth-order valence-electron chi connectivity index (χ4n) is 7.21. The van der Waals surface area contributed by atoms with Crippen LogP contribution in [0.3, 0.4) is 0 Å². The van der Waals surface area contributed by atoms with E-state index in [1.807, 2.05) is 30.5 Å². The first-order chi connectivity index (χ1) is 24.2. The second-order valence-electron chi connectivity index (χ2n) is 16.0. The van der Waals surface area contributed by atoms with E-state index >= 15 is 0 Å². The van der Waals surface area contributed by atoms with Crippen LogP contribution in [0.4, 0.5) is 0 Å². The molecule has 51 heavy (non-hydrogen) atoms. The van der Waals surface area contributed by atoms with Gasteiger partial charge >= 0.3 is 0 Å². The Morgan fingerprint density at radius 3 is 1.94 bits per heavy atom. The van der Waals surface area contributed by atoms with E-state index in [1.165, 1.54) is 16.7 Å². The molecular formula is C47H47N3O. The van der Waals surface area contributed by atoms with Gasteiger partial charge in [0.2, 0.25) is 0 Å². The van der Waals surface area contributed by atoms with Crippen molar-refractivity contribution in [3.8, 4) is 56.3 Å². The van der Waals surface area contributed by atoms with Gasteiger partial charge in [0.1, 0.15) is 11.6 Å². The van der Waals surface area contributed by atoms with E-state index in [1.54, 1.807) is 6.07 Å². The smallest absolute Gasteiger partial charge is 0.149 e. The maximum absolute atomic E-state index is 11.5. The molecular weight excluding hydrogens is 623 g/mol. The molecule has 0 amide bonds. The number of hydrogen-bond donors (Lipinski definition) is 1. The number of pyridine rings is 1. The van der Waals surface area contributed by atoms with E-state index in [0.29, 0.717) is 11.4 Å². The molecule has 0 fully saturated rings. The number of phenols is 1. The lowest BCUT2D eigenvalue weighted by Gasteiger charge is -2.23. The average molecular weight is 670 g/mol. The number of nitrogens with zero attached hydrogens (tertiary/aromatic N) is 3. The number of hydrogen-bond acceptors (Lipinski definition) is 3. The Kier molecular flexibility index (Phi) is 8.46. The number of aromatic hydroxyl groups is 1. The molecule has 0 spiro atoms. The second kappa shape index (κ2) is 12.7. The van der Waals surface area contributed by atoms with E-state index in [4.69, 9.17) is 9.97 Å². The average Bonchev–Trinajstić information content (AvgIpc) is 3.46. The van der Waals surface area contributed by atoms with Crippen molar-refractivity contribution in [1.29, 1.82) is 0 Å². The third kappa shape index (κ3) is 6.47. The van der Waals surface area contributed by atoms with Crippen molar-refractivity contribution in [2.45, 2.75) is 73.1 Å². The van der Waals surface area contributed by atoms with Gasteiger partial charge in [0.15, 0.2) is 0 Å². The Bertz CT molecular complexity index is 2400. The fourth-order valence-corrected chi connectivity index (χ4v) is 7.21. The molecule has 256 valence electrons. The van der Waals surface area contributed by atoms with Gasteiger partial charge in [0.05, 0.1) is 28.0 Å². The van der Waals surface area contributed by atoms with Crippen LogP contribution in [-0.2, 0) is 10.8 Å². The highest BCUT2D eigenvalue weighted by Gasteiger charge is 2.24. The van der Waals surface area contributed by atoms with Gasteiger partial charge in [-0.25, -0.2) is 4.98 Å². The summed E-state index contributed by atoms with van der Waals surface area (Å²) < 4.78 is 2.25. The lowest BCUT2D eigenvalue weighted by Crippen LogP contribution is -2.12. The maximum Gasteiger partial charge on any atom is 0.149 e. The summed E-state index contributed by atoms with van der Waals surface area (Å²) in [6.07, 6.45) is 1.93. The predicted octanol–water partition coefficient (Wildman–Crippen LogP) is 12.3. The molecule has 0 aliphatic carbocycles. The Morgan fingerprint density at radius 2 is 1.25 bits per heavy atom. The normalized spacial score (nSPS) is 12.1. The first-order valence-electron chi connectivity index (χ1n) is 17.8. The molecule has 0 bridgehead atoms. The molecule has 0 aliphatic heterocycles. The third-order valence-electron chi connectivity index (χ3n) is 9.92. The van der Waals surface area contributed by atoms with Gasteiger partial charge in [-0.3, -0.25) is 9.55 Å². The molecule has 4 heteroatoms. The minimum Gasteiger partial charge on any atom is -0.507 e. The number of aromatic nitrogens is 3. The first-order valence-corrected chi connectivity index (χ1v) is 17.8. The molecule has 0 saturated heterocycles. The zero-order chi connectivity index (χ0) is 36.2. The summed E-state index contributed by atoms with van der Waals surface area (Å²) in [5.74, 6) is 0.895. The van der Waals surface area contributed by atoms with E-state index < -0.39 is 0 Å². The Balaban J connectivity index is 1.53. The zero-order valence-corrected chi connectivity index (χ0v) is 31.3. The summed E-state index contributed by atoms with van der Waals surface area (Å²) in [6.45, 7) is 19.9. The van der Waals surface area contributed by atoms with E-state index in [2.05, 4.69) is 146 Å². The number of para-hydroxylation sites is 1. The molecule has 5 aromatic carbocycles. The summed E-state index contributed by atoms with van der Waals surface area (Å²) in [4.78, 5) is 10.3. The molecule has 0 unspecified atom stereocenters. The minimum atomic E-state index is -0.0927. The molecule has 7 aromatic rings. The van der Waals surface area contributed by atoms with Gasteiger partial charge in [0, 0.05) is 17.3 Å². The molecule has 2 aromatic heterocycles.